The van der Waals surface area contributed by atoms with Crippen LogP contribution in [0.25, 0.3) is 44.6 Å². The fourth-order valence-electron chi connectivity index (χ4n) is 8.71. The van der Waals surface area contributed by atoms with Crippen LogP contribution in [0, 0.1) is 0 Å². The van der Waals surface area contributed by atoms with Crippen LogP contribution in [0.15, 0.2) is 158 Å². The van der Waals surface area contributed by atoms with Crippen molar-refractivity contribution in [1.82, 2.24) is 19.9 Å². The van der Waals surface area contributed by atoms with Crippen molar-refractivity contribution in [2.75, 3.05) is 0 Å². The van der Waals surface area contributed by atoms with E-state index in [-0.39, 0.29) is 12.4 Å². The van der Waals surface area contributed by atoms with Gasteiger partial charge in [-0.1, -0.05) is 121 Å². The first-order valence-electron chi connectivity index (χ1n) is 17.7. The Morgan fingerprint density at radius 2 is 0.923 bits per heavy atom. The molecule has 0 radical (unpaired) electrons. The second kappa shape index (κ2) is 11.8. The molecule has 6 nitrogen and oxygen atoms in total. The first-order chi connectivity index (χ1) is 25.6. The Morgan fingerprint density at radius 1 is 0.481 bits per heavy atom. The number of fused-ring (bicyclic) bond motifs is 8. The predicted molar refractivity (Wildman–Crippen MR) is 203 cm³/mol. The first kappa shape index (κ1) is 30.3. The van der Waals surface area contributed by atoms with Crippen LogP contribution in [0.4, 0.5) is 0 Å². The topological polar surface area (TPSA) is 77.9 Å². The largest absolute Gasteiger partial charge is 0.426 e. The minimum Gasteiger partial charge on any atom is -0.426 e. The molecule has 0 spiro atoms. The number of carbonyl (C=O) groups is 1. The SMILES string of the molecule is O=C(C[C@]1(C[C@]2(Cc3ccccc3)c3ccccc3-c3nc4ccccc4nc32)c2ccccc2-c2nc3ccccc3nc21)Oc1ccccc1. The third kappa shape index (κ3) is 4.68. The average molecular weight is 673 g/mol. The number of esters is 1. The molecular weight excluding hydrogens is 641 g/mol. The van der Waals surface area contributed by atoms with E-state index in [1.54, 1.807) is 0 Å². The van der Waals surface area contributed by atoms with Crippen molar-refractivity contribution in [3.8, 4) is 28.3 Å². The van der Waals surface area contributed by atoms with E-state index in [1.807, 2.05) is 91.0 Å². The highest BCUT2D eigenvalue weighted by atomic mass is 16.5. The lowest BCUT2D eigenvalue weighted by atomic mass is 9.61. The number of carbonyl (C=O) groups excluding carboxylic acids is 1. The summed E-state index contributed by atoms with van der Waals surface area (Å²) in [5.74, 6) is 0.168. The molecule has 52 heavy (non-hydrogen) atoms. The van der Waals surface area contributed by atoms with Gasteiger partial charge in [0.1, 0.15) is 5.75 Å². The Labute approximate surface area is 300 Å². The van der Waals surface area contributed by atoms with Crippen molar-refractivity contribution in [1.29, 1.82) is 0 Å². The summed E-state index contributed by atoms with van der Waals surface area (Å²) < 4.78 is 6.12. The summed E-state index contributed by atoms with van der Waals surface area (Å²) in [7, 11) is 0. The summed E-state index contributed by atoms with van der Waals surface area (Å²) in [4.78, 5) is 35.9. The van der Waals surface area contributed by atoms with E-state index in [2.05, 4.69) is 66.7 Å². The molecule has 248 valence electrons. The number of hydrogen-bond donors (Lipinski definition) is 0. The molecular formula is C46H32N4O2. The van der Waals surface area contributed by atoms with Gasteiger partial charge in [0.2, 0.25) is 0 Å². The number of para-hydroxylation sites is 5. The van der Waals surface area contributed by atoms with E-state index in [1.165, 1.54) is 5.56 Å². The molecule has 0 unspecified atom stereocenters. The summed E-state index contributed by atoms with van der Waals surface area (Å²) in [6.07, 6.45) is 1.17. The first-order valence-corrected chi connectivity index (χ1v) is 17.7. The number of benzene rings is 6. The molecule has 8 aromatic rings. The molecule has 2 aliphatic carbocycles. The van der Waals surface area contributed by atoms with Gasteiger partial charge in [-0.25, -0.2) is 19.9 Å². The lowest BCUT2D eigenvalue weighted by Gasteiger charge is -2.41. The van der Waals surface area contributed by atoms with Crippen molar-refractivity contribution < 1.29 is 9.53 Å². The van der Waals surface area contributed by atoms with E-state index in [4.69, 9.17) is 24.7 Å². The second-order valence-electron chi connectivity index (χ2n) is 13.9. The van der Waals surface area contributed by atoms with Gasteiger partial charge in [0.05, 0.1) is 56.7 Å². The van der Waals surface area contributed by atoms with Crippen LogP contribution in [0.3, 0.4) is 0 Å². The monoisotopic (exact) mass is 672 g/mol. The summed E-state index contributed by atoms with van der Waals surface area (Å²) in [6.45, 7) is 0. The van der Waals surface area contributed by atoms with Crippen LogP contribution >= 0.6 is 0 Å². The molecule has 0 aliphatic heterocycles. The van der Waals surface area contributed by atoms with E-state index < -0.39 is 10.8 Å². The van der Waals surface area contributed by atoms with Crippen molar-refractivity contribution in [3.63, 3.8) is 0 Å². The minimum atomic E-state index is -0.939. The molecule has 2 aromatic heterocycles. The number of nitrogens with zero attached hydrogens (tertiary/aromatic N) is 4. The molecule has 2 heterocycles. The van der Waals surface area contributed by atoms with Gasteiger partial charge in [0.15, 0.2) is 0 Å². The van der Waals surface area contributed by atoms with Crippen molar-refractivity contribution in [2.24, 2.45) is 0 Å². The summed E-state index contributed by atoms with van der Waals surface area (Å²) in [6, 6.07) is 52.8. The lowest BCUT2D eigenvalue weighted by molar-refractivity contribution is -0.135. The Bertz CT molecular complexity index is 2680. The molecule has 0 amide bonds. The molecule has 0 saturated heterocycles. The van der Waals surface area contributed by atoms with Crippen LogP contribution in [-0.4, -0.2) is 25.9 Å². The van der Waals surface area contributed by atoms with Crippen LogP contribution in [0.2, 0.25) is 0 Å². The lowest BCUT2D eigenvalue weighted by Crippen LogP contribution is -2.42. The fraction of sp³-hybridized carbons (Fsp3) is 0.109. The molecule has 0 saturated carbocycles. The van der Waals surface area contributed by atoms with Gasteiger partial charge in [0, 0.05) is 16.5 Å². The molecule has 0 N–H and O–H groups in total. The number of rotatable bonds is 7. The zero-order valence-corrected chi connectivity index (χ0v) is 28.2. The van der Waals surface area contributed by atoms with Crippen LogP contribution in [0.5, 0.6) is 5.75 Å². The molecule has 0 bridgehead atoms. The zero-order chi connectivity index (χ0) is 34.7. The highest BCUT2D eigenvalue weighted by molar-refractivity contribution is 5.89. The molecule has 10 rings (SSSR count). The van der Waals surface area contributed by atoms with Gasteiger partial charge in [-0.15, -0.1) is 0 Å². The van der Waals surface area contributed by atoms with Gasteiger partial charge in [-0.05, 0) is 65.9 Å². The van der Waals surface area contributed by atoms with E-state index >= 15 is 0 Å². The van der Waals surface area contributed by atoms with E-state index in [0.29, 0.717) is 18.6 Å². The highest BCUT2D eigenvalue weighted by Gasteiger charge is 2.56. The molecule has 2 atom stereocenters. The van der Waals surface area contributed by atoms with Gasteiger partial charge in [-0.3, -0.25) is 4.79 Å². The fourth-order valence-corrected chi connectivity index (χ4v) is 8.71. The molecule has 0 fully saturated rings. The zero-order valence-electron chi connectivity index (χ0n) is 28.2. The predicted octanol–water partition coefficient (Wildman–Crippen LogP) is 9.43. The van der Waals surface area contributed by atoms with Crippen molar-refractivity contribution in [2.45, 2.75) is 30.1 Å². The third-order valence-corrected chi connectivity index (χ3v) is 10.8. The molecule has 6 aromatic carbocycles. The van der Waals surface area contributed by atoms with Crippen molar-refractivity contribution >= 4 is 28.0 Å². The standard InChI is InChI=1S/C46H32N4O2/c51-40(52-31-17-5-2-6-18-31)28-46(35-22-10-8-20-33(35)42-44(46)50-39-26-14-12-24-37(39)48-42)29-45(27-30-15-3-1-4-16-30)34-21-9-7-19-32(34)41-43(45)49-38-25-13-11-23-36(38)47-41/h1-26H,27-29H2/t45-,46+/m1/s1. The summed E-state index contributed by atoms with van der Waals surface area (Å²) >= 11 is 0. The normalized spacial score (nSPS) is 18.1. The maximum Gasteiger partial charge on any atom is 0.312 e. The number of ether oxygens (including phenoxy) is 1. The summed E-state index contributed by atoms with van der Waals surface area (Å²) in [5, 5.41) is 0. The number of hydrogen-bond acceptors (Lipinski definition) is 6. The Hall–Kier alpha value is -6.53. The Kier molecular flexibility index (Phi) is 6.86. The molecule has 2 aliphatic rings. The smallest absolute Gasteiger partial charge is 0.312 e. The summed E-state index contributed by atoms with van der Waals surface area (Å²) in [5.41, 5.74) is 10.4. The third-order valence-electron chi connectivity index (χ3n) is 10.8. The maximum atomic E-state index is 14.5. The van der Waals surface area contributed by atoms with Gasteiger partial charge < -0.3 is 4.74 Å². The molecule has 6 heteroatoms. The van der Waals surface area contributed by atoms with Gasteiger partial charge >= 0.3 is 5.97 Å². The Balaban J connectivity index is 1.27. The quantitative estimate of drug-likeness (QED) is 0.124. The van der Waals surface area contributed by atoms with Crippen molar-refractivity contribution in [3.05, 3.63) is 186 Å². The second-order valence-corrected chi connectivity index (χ2v) is 13.9. The maximum absolute atomic E-state index is 14.5. The van der Waals surface area contributed by atoms with Crippen LogP contribution in [-0.2, 0) is 22.0 Å². The highest BCUT2D eigenvalue weighted by Crippen LogP contribution is 2.60. The van der Waals surface area contributed by atoms with Gasteiger partial charge in [-0.2, -0.15) is 0 Å². The average Bonchev–Trinajstić information content (AvgIpc) is 3.59. The van der Waals surface area contributed by atoms with Crippen LogP contribution < -0.4 is 4.74 Å². The minimum absolute atomic E-state index is 0.0496. The van der Waals surface area contributed by atoms with E-state index in [9.17, 15) is 4.79 Å². The van der Waals surface area contributed by atoms with Crippen LogP contribution in [0.1, 0.15) is 40.9 Å². The number of aromatic nitrogens is 4. The van der Waals surface area contributed by atoms with Gasteiger partial charge in [0.25, 0.3) is 0 Å². The van der Waals surface area contributed by atoms with E-state index in [0.717, 1.165) is 67.1 Å². The Morgan fingerprint density at radius 3 is 1.50 bits per heavy atom.